The molecule has 0 saturated carbocycles. The lowest BCUT2D eigenvalue weighted by atomic mass is 10.2. The number of benzene rings is 1. The van der Waals surface area contributed by atoms with Crippen LogP contribution in [-0.2, 0) is 9.53 Å². The molecule has 0 aliphatic carbocycles. The van der Waals surface area contributed by atoms with Gasteiger partial charge in [-0.05, 0) is 17.7 Å². The van der Waals surface area contributed by atoms with Crippen LogP contribution in [-0.4, -0.2) is 25.2 Å². The molecule has 17 heavy (non-hydrogen) atoms. The number of carbonyl (C=O) groups excluding carboxylic acids is 1. The van der Waals surface area contributed by atoms with Crippen molar-refractivity contribution in [2.24, 2.45) is 0 Å². The smallest absolute Gasteiger partial charge is 0.244 e. The van der Waals surface area contributed by atoms with E-state index in [0.29, 0.717) is 23.3 Å². The number of ether oxygens (including phenoxy) is 1. The lowest BCUT2D eigenvalue weighted by Gasteiger charge is -2.26. The van der Waals surface area contributed by atoms with Crippen molar-refractivity contribution >= 4 is 35.2 Å². The molecule has 1 saturated heterocycles. The van der Waals surface area contributed by atoms with Gasteiger partial charge in [-0.25, -0.2) is 0 Å². The van der Waals surface area contributed by atoms with Crippen LogP contribution in [0, 0.1) is 0 Å². The molecule has 0 bridgehead atoms. The molecule has 1 N–H and O–H groups in total. The van der Waals surface area contributed by atoms with Crippen LogP contribution in [0.5, 0.6) is 0 Å². The maximum atomic E-state index is 11.5. The Morgan fingerprint density at radius 1 is 1.41 bits per heavy atom. The zero-order valence-electron chi connectivity index (χ0n) is 8.95. The summed E-state index contributed by atoms with van der Waals surface area (Å²) in [5.74, 6) is -0.158. The summed E-state index contributed by atoms with van der Waals surface area (Å²) in [7, 11) is 0. The van der Waals surface area contributed by atoms with Gasteiger partial charge in [0.1, 0.15) is 0 Å². The maximum absolute atomic E-state index is 11.5. The van der Waals surface area contributed by atoms with Crippen LogP contribution < -0.4 is 5.32 Å². The average Bonchev–Trinajstić information content (AvgIpc) is 2.26. The molecule has 1 aliphatic rings. The van der Waals surface area contributed by atoms with Crippen molar-refractivity contribution in [3.63, 3.8) is 0 Å². The van der Waals surface area contributed by atoms with E-state index in [4.69, 9.17) is 27.9 Å². The molecule has 1 aromatic carbocycles. The summed E-state index contributed by atoms with van der Waals surface area (Å²) in [4.78, 5) is 11.5. The summed E-state index contributed by atoms with van der Waals surface area (Å²) >= 11 is 11.8. The molecule has 1 heterocycles. The molecule has 0 spiro atoms. The number of carbonyl (C=O) groups is 1. The van der Waals surface area contributed by atoms with E-state index < -0.39 is 0 Å². The third-order valence-corrected chi connectivity index (χ3v) is 3.21. The minimum atomic E-state index is -0.158. The van der Waals surface area contributed by atoms with Crippen LogP contribution in [0.4, 0.5) is 0 Å². The van der Waals surface area contributed by atoms with Crippen molar-refractivity contribution in [1.29, 1.82) is 0 Å². The molecule has 0 unspecified atom stereocenters. The lowest BCUT2D eigenvalue weighted by Crippen LogP contribution is -2.48. The van der Waals surface area contributed by atoms with E-state index in [-0.39, 0.29) is 11.9 Å². The van der Waals surface area contributed by atoms with E-state index in [2.05, 4.69) is 5.32 Å². The highest BCUT2D eigenvalue weighted by Gasteiger charge is 2.18. The SMILES string of the molecule is O=C(C=Cc1cccc(Cl)c1Cl)NC1COC1. The number of hydrogen-bond acceptors (Lipinski definition) is 2. The molecule has 3 nitrogen and oxygen atoms in total. The Hall–Kier alpha value is -1.03. The van der Waals surface area contributed by atoms with E-state index in [0.717, 1.165) is 5.56 Å². The second kappa shape index (κ2) is 5.54. The van der Waals surface area contributed by atoms with Crippen molar-refractivity contribution in [2.45, 2.75) is 6.04 Å². The van der Waals surface area contributed by atoms with Crippen LogP contribution in [0.3, 0.4) is 0 Å². The second-order valence-electron chi connectivity index (χ2n) is 3.72. The molecule has 1 aliphatic heterocycles. The zero-order valence-corrected chi connectivity index (χ0v) is 10.5. The second-order valence-corrected chi connectivity index (χ2v) is 4.50. The van der Waals surface area contributed by atoms with E-state index in [1.807, 2.05) is 0 Å². The molecule has 5 heteroatoms. The zero-order chi connectivity index (χ0) is 12.3. The van der Waals surface area contributed by atoms with Crippen molar-refractivity contribution in [2.75, 3.05) is 13.2 Å². The first-order chi connectivity index (χ1) is 8.16. The Morgan fingerprint density at radius 3 is 2.82 bits per heavy atom. The first kappa shape index (κ1) is 12.4. The lowest BCUT2D eigenvalue weighted by molar-refractivity contribution is -0.120. The fourth-order valence-corrected chi connectivity index (χ4v) is 1.75. The minimum Gasteiger partial charge on any atom is -0.377 e. The molecule has 0 aromatic heterocycles. The first-order valence-corrected chi connectivity index (χ1v) is 5.93. The van der Waals surface area contributed by atoms with E-state index in [1.165, 1.54) is 6.08 Å². The summed E-state index contributed by atoms with van der Waals surface area (Å²) in [5.41, 5.74) is 0.721. The van der Waals surface area contributed by atoms with Gasteiger partial charge < -0.3 is 10.1 Å². The van der Waals surface area contributed by atoms with Gasteiger partial charge in [-0.1, -0.05) is 35.3 Å². The van der Waals surface area contributed by atoms with Crippen LogP contribution in [0.15, 0.2) is 24.3 Å². The highest BCUT2D eigenvalue weighted by atomic mass is 35.5. The molecular weight excluding hydrogens is 261 g/mol. The van der Waals surface area contributed by atoms with Crippen molar-refractivity contribution in [3.8, 4) is 0 Å². The quantitative estimate of drug-likeness (QED) is 0.859. The summed E-state index contributed by atoms with van der Waals surface area (Å²) in [6.07, 6.45) is 3.08. The highest BCUT2D eigenvalue weighted by Crippen LogP contribution is 2.26. The minimum absolute atomic E-state index is 0.127. The van der Waals surface area contributed by atoms with Crippen LogP contribution in [0.1, 0.15) is 5.56 Å². The van der Waals surface area contributed by atoms with Gasteiger partial charge in [0.2, 0.25) is 5.91 Å². The molecular formula is C12H11Cl2NO2. The molecule has 0 atom stereocenters. The monoisotopic (exact) mass is 271 g/mol. The number of halogens is 2. The first-order valence-electron chi connectivity index (χ1n) is 5.17. The number of hydrogen-bond donors (Lipinski definition) is 1. The van der Waals surface area contributed by atoms with Crippen LogP contribution in [0.2, 0.25) is 10.0 Å². The molecule has 90 valence electrons. The van der Waals surface area contributed by atoms with Gasteiger partial charge in [0.25, 0.3) is 0 Å². The van der Waals surface area contributed by atoms with Crippen LogP contribution >= 0.6 is 23.2 Å². The van der Waals surface area contributed by atoms with Gasteiger partial charge in [0.05, 0.1) is 29.3 Å². The van der Waals surface area contributed by atoms with Gasteiger partial charge >= 0.3 is 0 Å². The molecule has 1 fully saturated rings. The topological polar surface area (TPSA) is 38.3 Å². The van der Waals surface area contributed by atoms with Crippen molar-refractivity contribution < 1.29 is 9.53 Å². The highest BCUT2D eigenvalue weighted by molar-refractivity contribution is 6.42. The van der Waals surface area contributed by atoms with E-state index in [9.17, 15) is 4.79 Å². The Kier molecular flexibility index (Phi) is 4.05. The average molecular weight is 272 g/mol. The Labute approximate surface area is 109 Å². The number of rotatable bonds is 3. The summed E-state index contributed by atoms with van der Waals surface area (Å²) in [5, 5.41) is 3.72. The standard InChI is InChI=1S/C12H11Cl2NO2/c13-10-3-1-2-8(12(10)14)4-5-11(16)15-9-6-17-7-9/h1-5,9H,6-7H2,(H,15,16). The van der Waals surface area contributed by atoms with Gasteiger partial charge in [-0.15, -0.1) is 0 Å². The van der Waals surface area contributed by atoms with Gasteiger partial charge in [-0.2, -0.15) is 0 Å². The van der Waals surface area contributed by atoms with Gasteiger partial charge in [0.15, 0.2) is 0 Å². The third-order valence-electron chi connectivity index (χ3n) is 2.38. The van der Waals surface area contributed by atoms with Crippen molar-refractivity contribution in [3.05, 3.63) is 39.9 Å². The summed E-state index contributed by atoms with van der Waals surface area (Å²) in [6.45, 7) is 1.16. The largest absolute Gasteiger partial charge is 0.377 e. The van der Waals surface area contributed by atoms with Crippen LogP contribution in [0.25, 0.3) is 6.08 Å². The summed E-state index contributed by atoms with van der Waals surface area (Å²) < 4.78 is 4.96. The molecule has 0 radical (unpaired) electrons. The predicted octanol–water partition coefficient (Wildman–Crippen LogP) is 2.52. The van der Waals surface area contributed by atoms with Crippen molar-refractivity contribution in [1.82, 2.24) is 5.32 Å². The predicted molar refractivity (Wildman–Crippen MR) is 68.2 cm³/mol. The molecule has 1 aromatic rings. The van der Waals surface area contributed by atoms with E-state index >= 15 is 0 Å². The maximum Gasteiger partial charge on any atom is 0.244 e. The fourth-order valence-electron chi connectivity index (χ4n) is 1.38. The Balaban J connectivity index is 1.99. The fraction of sp³-hybridized carbons (Fsp3) is 0.250. The molecule has 1 amide bonds. The van der Waals surface area contributed by atoms with Gasteiger partial charge in [-0.3, -0.25) is 4.79 Å². The van der Waals surface area contributed by atoms with E-state index in [1.54, 1.807) is 24.3 Å². The Morgan fingerprint density at radius 2 is 2.18 bits per heavy atom. The van der Waals surface area contributed by atoms with Gasteiger partial charge in [0, 0.05) is 6.08 Å². The summed E-state index contributed by atoms with van der Waals surface area (Å²) in [6, 6.07) is 5.41. The normalized spacial score (nSPS) is 15.9. The number of amides is 1. The Bertz CT molecular complexity index is 456. The molecule has 2 rings (SSSR count). The number of nitrogens with one attached hydrogen (secondary N) is 1. The third kappa shape index (κ3) is 3.22.